The summed E-state index contributed by atoms with van der Waals surface area (Å²) in [4.78, 5) is 91.7. The number of nitrogens with zero attached hydrogens (tertiary/aromatic N) is 6. The molecule has 17 heteroatoms. The third kappa shape index (κ3) is 9.81. The summed E-state index contributed by atoms with van der Waals surface area (Å²) in [6, 6.07) is 11.3. The molecule has 4 aromatic rings. The molecule has 8 rings (SSSR count). The van der Waals surface area contributed by atoms with Crippen molar-refractivity contribution in [3.63, 3.8) is 0 Å². The molecule has 0 saturated carbocycles. The van der Waals surface area contributed by atoms with E-state index in [2.05, 4.69) is 73.4 Å². The van der Waals surface area contributed by atoms with Crippen LogP contribution in [-0.4, -0.2) is 141 Å². The molecule has 0 unspecified atom stereocenters. The number of urea groups is 1. The van der Waals surface area contributed by atoms with E-state index >= 15 is 0 Å². The normalized spacial score (nSPS) is 21.4. The van der Waals surface area contributed by atoms with Gasteiger partial charge in [-0.25, -0.2) is 10.2 Å². The number of cyclic esters (lactones) is 1. The van der Waals surface area contributed by atoms with Crippen LogP contribution in [0.4, 0.5) is 4.79 Å². The lowest BCUT2D eigenvalue weighted by Gasteiger charge is -2.39. The van der Waals surface area contributed by atoms with Crippen LogP contribution in [0.25, 0.3) is 33.3 Å². The molecule has 6 bridgehead atoms. The summed E-state index contributed by atoms with van der Waals surface area (Å²) >= 11 is 0. The van der Waals surface area contributed by atoms with Crippen LogP contribution in [0.5, 0.6) is 5.75 Å². The molecule has 3 fully saturated rings. The van der Waals surface area contributed by atoms with Crippen LogP contribution in [0.3, 0.4) is 0 Å². The number of nitrogens with one attached hydrogen (secondary N) is 3. The van der Waals surface area contributed by atoms with E-state index in [1.165, 1.54) is 21.9 Å². The second-order valence-electron chi connectivity index (χ2n) is 20.2. The summed E-state index contributed by atoms with van der Waals surface area (Å²) in [6.45, 7) is 15.6. The van der Waals surface area contributed by atoms with Gasteiger partial charge >= 0.3 is 12.0 Å². The Bertz CT molecular complexity index is 2640. The molecule has 2 aromatic carbocycles. The standard InChI is InChI=1S/C51H65N9O8/c1-9-58-41-15-14-32-24-36(41)37(45(58)35-12-10-16-52-43(35)29(2)3)25-51(6,7)28-68-49(66)38-13-11-17-60(55-38)48(65)39(22-31-20-33(32)23-34(61)21-31)54-46(63)44(30(4)5)56(8)50(67)59-19-18-57(27-42(59)62)47(64)40-26-53-40/h10,12,14-16,20-21,23-24,29-30,38-40,44,53,55,61H,9,11,13,17-19,22,25-28H2,1-8H3,(H,54,63)/t38-,39-,40+,44-/m0/s1. The number of fused-ring (bicyclic) bond motifs is 6. The number of hydrogen-bond acceptors (Lipinski definition) is 11. The average Bonchev–Trinajstić information content (AvgIpc) is 4.12. The van der Waals surface area contributed by atoms with Gasteiger partial charge in [0.2, 0.25) is 17.7 Å². The smallest absolute Gasteiger partial charge is 0.327 e. The van der Waals surface area contributed by atoms with E-state index in [0.29, 0.717) is 43.5 Å². The number of hydrazine groups is 1. The van der Waals surface area contributed by atoms with Crippen molar-refractivity contribution in [3.05, 3.63) is 71.5 Å². The van der Waals surface area contributed by atoms with E-state index in [9.17, 15) is 33.9 Å². The number of phenolic OH excluding ortho intramolecular Hbond substituents is 1. The van der Waals surface area contributed by atoms with Crippen molar-refractivity contribution in [1.82, 2.24) is 45.3 Å². The minimum atomic E-state index is -1.22. The van der Waals surface area contributed by atoms with E-state index in [1.54, 1.807) is 26.0 Å². The van der Waals surface area contributed by atoms with Gasteiger partial charge in [0.25, 0.3) is 5.91 Å². The second kappa shape index (κ2) is 19.3. The number of carbonyl (C=O) groups excluding carboxylic acids is 6. The number of piperazine rings is 1. The third-order valence-electron chi connectivity index (χ3n) is 13.6. The van der Waals surface area contributed by atoms with E-state index in [0.717, 1.165) is 43.9 Å². The molecule has 0 spiro atoms. The fourth-order valence-corrected chi connectivity index (χ4v) is 10.1. The molecule has 2 aromatic heterocycles. The lowest BCUT2D eigenvalue weighted by Crippen LogP contribution is -2.63. The molecule has 0 radical (unpaired) electrons. The number of phenols is 1. The summed E-state index contributed by atoms with van der Waals surface area (Å²) in [5, 5.41) is 19.6. The van der Waals surface area contributed by atoms with Crippen LogP contribution in [0.15, 0.2) is 54.7 Å². The first-order valence-electron chi connectivity index (χ1n) is 23.9. The zero-order valence-electron chi connectivity index (χ0n) is 40.4. The lowest BCUT2D eigenvalue weighted by molar-refractivity contribution is -0.155. The molecule has 4 atom stereocenters. The number of rotatable bonds is 8. The fraction of sp³-hybridized carbons (Fsp3) is 0.510. The predicted molar refractivity (Wildman–Crippen MR) is 256 cm³/mol. The van der Waals surface area contributed by atoms with Gasteiger partial charge in [-0.1, -0.05) is 53.7 Å². The highest BCUT2D eigenvalue weighted by Crippen LogP contribution is 2.42. The lowest BCUT2D eigenvalue weighted by atomic mass is 9.83. The minimum Gasteiger partial charge on any atom is -0.508 e. The monoisotopic (exact) mass is 931 g/mol. The molecule has 4 aliphatic rings. The van der Waals surface area contributed by atoms with Crippen LogP contribution >= 0.6 is 0 Å². The highest BCUT2D eigenvalue weighted by atomic mass is 16.5. The molecule has 6 amide bonds. The number of pyridine rings is 1. The van der Waals surface area contributed by atoms with Crippen molar-refractivity contribution in [1.29, 1.82) is 0 Å². The Hall–Kier alpha value is -6.33. The number of likely N-dealkylation sites (N-methyl/N-ethyl adjacent to an activating group) is 1. The van der Waals surface area contributed by atoms with Crippen molar-refractivity contribution in [3.8, 4) is 28.1 Å². The first-order valence-corrected chi connectivity index (χ1v) is 23.9. The van der Waals surface area contributed by atoms with Gasteiger partial charge in [-0.05, 0) is 96.7 Å². The molecule has 68 heavy (non-hydrogen) atoms. The number of amides is 6. The summed E-state index contributed by atoms with van der Waals surface area (Å²) < 4.78 is 8.42. The molecular formula is C51H65N9O8. The largest absolute Gasteiger partial charge is 0.508 e. The number of hydrogen-bond donors (Lipinski definition) is 4. The Morgan fingerprint density at radius 3 is 2.47 bits per heavy atom. The van der Waals surface area contributed by atoms with Crippen LogP contribution in [-0.2, 0) is 48.1 Å². The molecule has 362 valence electrons. The van der Waals surface area contributed by atoms with Gasteiger partial charge < -0.3 is 34.8 Å². The maximum Gasteiger partial charge on any atom is 0.327 e. The van der Waals surface area contributed by atoms with Gasteiger partial charge in [0, 0.05) is 74.3 Å². The van der Waals surface area contributed by atoms with Gasteiger partial charge in [-0.2, -0.15) is 0 Å². The number of ether oxygens (including phenoxy) is 1. The van der Waals surface area contributed by atoms with E-state index in [1.807, 2.05) is 24.4 Å². The zero-order chi connectivity index (χ0) is 48.8. The average molecular weight is 932 g/mol. The molecular weight excluding hydrogens is 867 g/mol. The fourth-order valence-electron chi connectivity index (χ4n) is 10.1. The number of aryl methyl sites for hydroxylation is 1. The Kier molecular flexibility index (Phi) is 13.7. The van der Waals surface area contributed by atoms with Crippen molar-refractivity contribution in [2.75, 3.05) is 46.4 Å². The molecule has 4 N–H and O–H groups in total. The Morgan fingerprint density at radius 1 is 1.01 bits per heavy atom. The number of imide groups is 1. The van der Waals surface area contributed by atoms with E-state index in [4.69, 9.17) is 9.72 Å². The number of aromatic hydroxyl groups is 1. The maximum absolute atomic E-state index is 14.7. The Morgan fingerprint density at radius 2 is 1.78 bits per heavy atom. The van der Waals surface area contributed by atoms with Gasteiger partial charge in [0.05, 0.1) is 24.0 Å². The molecule has 4 aliphatic heterocycles. The highest BCUT2D eigenvalue weighted by Gasteiger charge is 2.42. The van der Waals surface area contributed by atoms with Crippen molar-refractivity contribution < 1.29 is 38.6 Å². The predicted octanol–water partition coefficient (Wildman–Crippen LogP) is 4.59. The third-order valence-corrected chi connectivity index (χ3v) is 13.6. The number of esters is 1. The number of aromatic nitrogens is 2. The summed E-state index contributed by atoms with van der Waals surface area (Å²) in [7, 11) is 1.45. The van der Waals surface area contributed by atoms with Crippen LogP contribution in [0, 0.1) is 11.3 Å². The minimum absolute atomic E-state index is 0.0288. The summed E-state index contributed by atoms with van der Waals surface area (Å²) in [5.74, 6) is -2.71. The molecule has 17 nitrogen and oxygen atoms in total. The van der Waals surface area contributed by atoms with Crippen molar-refractivity contribution in [2.45, 2.75) is 111 Å². The molecule has 3 saturated heterocycles. The topological polar surface area (TPSA) is 209 Å². The summed E-state index contributed by atoms with van der Waals surface area (Å²) in [6.07, 6.45) is 3.24. The second-order valence-corrected chi connectivity index (χ2v) is 20.2. The van der Waals surface area contributed by atoms with Crippen molar-refractivity contribution >= 4 is 46.5 Å². The Balaban J connectivity index is 1.16. The van der Waals surface area contributed by atoms with Crippen LogP contribution in [0.2, 0.25) is 0 Å². The first-order chi connectivity index (χ1) is 32.3. The Labute approximate surface area is 397 Å². The van der Waals surface area contributed by atoms with E-state index in [-0.39, 0.29) is 62.8 Å². The number of carbonyl (C=O) groups is 6. The first kappa shape index (κ1) is 48.1. The van der Waals surface area contributed by atoms with Gasteiger partial charge in [0.1, 0.15) is 30.4 Å². The molecule has 6 heterocycles. The summed E-state index contributed by atoms with van der Waals surface area (Å²) in [5.41, 5.74) is 9.86. The highest BCUT2D eigenvalue weighted by molar-refractivity contribution is 6.00. The quantitative estimate of drug-likeness (QED) is 0.142. The van der Waals surface area contributed by atoms with Crippen LogP contribution in [0.1, 0.15) is 84.0 Å². The van der Waals surface area contributed by atoms with Gasteiger partial charge in [-0.3, -0.25) is 38.9 Å². The van der Waals surface area contributed by atoms with Crippen molar-refractivity contribution in [2.24, 2.45) is 11.3 Å². The molecule has 0 aliphatic carbocycles. The SMILES string of the molecule is CCn1c(-c2cccnc2C(C)C)c2c3cc(ccc31)-c1cc(O)cc(c1)C[C@H](NC(=O)[C@H](C(C)C)N(C)C(=O)N1CCN(C(=O)[C@H]3CN3)CC1=O)C(=O)N1CCC[C@H](N1)C(=O)OCC(C)(C)C2. The van der Waals surface area contributed by atoms with E-state index < -0.39 is 59.2 Å². The van der Waals surface area contributed by atoms with Gasteiger partial charge in [0.15, 0.2) is 0 Å². The van der Waals surface area contributed by atoms with Gasteiger partial charge in [-0.15, -0.1) is 0 Å². The number of benzene rings is 2. The van der Waals surface area contributed by atoms with Crippen LogP contribution < -0.4 is 16.1 Å². The maximum atomic E-state index is 14.7. The zero-order valence-corrected chi connectivity index (χ0v) is 40.4.